The van der Waals surface area contributed by atoms with E-state index in [2.05, 4.69) is 10.4 Å². The smallest absolute Gasteiger partial charge is 0.331 e. The van der Waals surface area contributed by atoms with Crippen LogP contribution in [0, 0.1) is 13.8 Å². The molecule has 1 aliphatic heterocycles. The highest BCUT2D eigenvalue weighted by Crippen LogP contribution is 2.19. The number of nitrogens with one attached hydrogen (secondary N) is 1. The number of hydrogen-bond donors (Lipinski definition) is 1. The van der Waals surface area contributed by atoms with Crippen LogP contribution in [0.1, 0.15) is 23.9 Å². The van der Waals surface area contributed by atoms with Crippen LogP contribution in [0.2, 0.25) is 0 Å². The molecule has 1 aliphatic rings. The van der Waals surface area contributed by atoms with Gasteiger partial charge in [-0.15, -0.1) is 0 Å². The van der Waals surface area contributed by atoms with Gasteiger partial charge in [0.1, 0.15) is 0 Å². The minimum atomic E-state index is -1.05. The SMILES string of the molecule is Cc1nn(-c2ccccc2)c(C)c1/C=C/C(=O)O[C@H](C)C(=O)N1CCNC1=O. The molecule has 1 fully saturated rings. The van der Waals surface area contributed by atoms with Gasteiger partial charge >= 0.3 is 12.0 Å². The van der Waals surface area contributed by atoms with E-state index in [1.807, 2.05) is 44.2 Å². The fraction of sp³-hybridized carbons (Fsp3) is 0.300. The van der Waals surface area contributed by atoms with Gasteiger partial charge in [0.15, 0.2) is 6.10 Å². The maximum absolute atomic E-state index is 12.2. The van der Waals surface area contributed by atoms with Crippen molar-refractivity contribution in [3.8, 4) is 5.69 Å². The molecule has 0 aliphatic carbocycles. The lowest BCUT2D eigenvalue weighted by Gasteiger charge is -2.17. The third-order valence-corrected chi connectivity index (χ3v) is 4.50. The molecule has 1 atom stereocenters. The van der Waals surface area contributed by atoms with Crippen molar-refractivity contribution in [3.05, 3.63) is 53.4 Å². The van der Waals surface area contributed by atoms with Crippen LogP contribution in [-0.2, 0) is 14.3 Å². The summed E-state index contributed by atoms with van der Waals surface area (Å²) in [5.41, 5.74) is 3.38. The molecule has 2 heterocycles. The summed E-state index contributed by atoms with van der Waals surface area (Å²) in [5.74, 6) is -1.20. The Bertz CT molecular complexity index is 933. The maximum Gasteiger partial charge on any atom is 0.331 e. The van der Waals surface area contributed by atoms with Gasteiger partial charge in [-0.3, -0.25) is 9.69 Å². The summed E-state index contributed by atoms with van der Waals surface area (Å²) in [6.45, 7) is 5.89. The van der Waals surface area contributed by atoms with Gasteiger partial charge in [-0.1, -0.05) is 18.2 Å². The number of urea groups is 1. The first-order chi connectivity index (χ1) is 13.4. The Balaban J connectivity index is 1.68. The maximum atomic E-state index is 12.2. The second-order valence-electron chi connectivity index (χ2n) is 6.47. The third kappa shape index (κ3) is 3.95. The molecular weight excluding hydrogens is 360 g/mol. The molecule has 0 unspecified atom stereocenters. The first-order valence-electron chi connectivity index (χ1n) is 8.98. The Morgan fingerprint density at radius 3 is 2.61 bits per heavy atom. The van der Waals surface area contributed by atoms with Crippen LogP contribution in [0.15, 0.2) is 36.4 Å². The van der Waals surface area contributed by atoms with Crippen molar-refractivity contribution in [2.45, 2.75) is 26.9 Å². The summed E-state index contributed by atoms with van der Waals surface area (Å²) < 4.78 is 6.95. The second kappa shape index (κ2) is 8.08. The van der Waals surface area contributed by atoms with Crippen LogP contribution >= 0.6 is 0 Å². The Morgan fingerprint density at radius 1 is 1.25 bits per heavy atom. The zero-order chi connectivity index (χ0) is 20.3. The van der Waals surface area contributed by atoms with Crippen molar-refractivity contribution in [1.29, 1.82) is 0 Å². The molecule has 28 heavy (non-hydrogen) atoms. The number of hydrogen-bond acceptors (Lipinski definition) is 5. The molecule has 0 bridgehead atoms. The van der Waals surface area contributed by atoms with E-state index in [0.717, 1.165) is 27.5 Å². The molecule has 0 radical (unpaired) electrons. The van der Waals surface area contributed by atoms with E-state index in [4.69, 9.17) is 4.74 Å². The van der Waals surface area contributed by atoms with Gasteiger partial charge in [0.05, 0.1) is 11.4 Å². The molecule has 0 spiro atoms. The minimum Gasteiger partial charge on any atom is -0.449 e. The number of carbonyl (C=O) groups excluding carboxylic acids is 3. The van der Waals surface area contributed by atoms with Crippen LogP contribution in [0.3, 0.4) is 0 Å². The summed E-state index contributed by atoms with van der Waals surface area (Å²) in [7, 11) is 0. The highest BCUT2D eigenvalue weighted by molar-refractivity contribution is 5.99. The van der Waals surface area contributed by atoms with Crippen molar-refractivity contribution < 1.29 is 19.1 Å². The number of amides is 3. The van der Waals surface area contributed by atoms with E-state index >= 15 is 0 Å². The Labute approximate surface area is 162 Å². The number of rotatable bonds is 5. The number of ether oxygens (including phenoxy) is 1. The number of para-hydroxylation sites is 1. The average molecular weight is 382 g/mol. The molecule has 3 rings (SSSR count). The quantitative estimate of drug-likeness (QED) is 0.630. The lowest BCUT2D eigenvalue weighted by Crippen LogP contribution is -2.41. The topological polar surface area (TPSA) is 93.5 Å². The first-order valence-corrected chi connectivity index (χ1v) is 8.98. The van der Waals surface area contributed by atoms with Crippen LogP contribution < -0.4 is 5.32 Å². The number of esters is 1. The van der Waals surface area contributed by atoms with Crippen LogP contribution in [-0.4, -0.2) is 51.8 Å². The lowest BCUT2D eigenvalue weighted by atomic mass is 10.2. The average Bonchev–Trinajstić information content (AvgIpc) is 3.23. The van der Waals surface area contributed by atoms with Crippen molar-refractivity contribution in [3.63, 3.8) is 0 Å². The molecule has 1 saturated heterocycles. The molecule has 1 aromatic carbocycles. The van der Waals surface area contributed by atoms with Crippen LogP contribution in [0.4, 0.5) is 4.79 Å². The summed E-state index contributed by atoms with van der Waals surface area (Å²) >= 11 is 0. The predicted octanol–water partition coefficient (Wildman–Crippen LogP) is 1.99. The van der Waals surface area contributed by atoms with Crippen molar-refractivity contribution in [1.82, 2.24) is 20.0 Å². The second-order valence-corrected chi connectivity index (χ2v) is 6.47. The summed E-state index contributed by atoms with van der Waals surface area (Å²) in [4.78, 5) is 36.9. The number of carbonyl (C=O) groups is 3. The zero-order valence-corrected chi connectivity index (χ0v) is 16.0. The number of aromatic nitrogens is 2. The molecule has 8 heteroatoms. The standard InChI is InChI=1S/C20H22N4O4/c1-13-17(14(2)24(22-13)16-7-5-4-6-8-16)9-10-18(25)28-15(3)19(26)23-12-11-21-20(23)27/h4-10,15H,11-12H2,1-3H3,(H,21,27)/b10-9+/t15-/m1/s1. The fourth-order valence-corrected chi connectivity index (χ4v) is 3.03. The third-order valence-electron chi connectivity index (χ3n) is 4.50. The van der Waals surface area contributed by atoms with E-state index < -0.39 is 24.0 Å². The van der Waals surface area contributed by atoms with Gasteiger partial charge in [-0.2, -0.15) is 5.10 Å². The van der Waals surface area contributed by atoms with E-state index in [9.17, 15) is 14.4 Å². The van der Waals surface area contributed by atoms with Gasteiger partial charge in [0, 0.05) is 30.4 Å². The highest BCUT2D eigenvalue weighted by atomic mass is 16.5. The molecule has 2 aromatic rings. The van der Waals surface area contributed by atoms with Gasteiger partial charge in [-0.05, 0) is 39.0 Å². The molecule has 146 valence electrons. The first kappa shape index (κ1) is 19.3. The van der Waals surface area contributed by atoms with E-state index in [1.54, 1.807) is 10.8 Å². The highest BCUT2D eigenvalue weighted by Gasteiger charge is 2.31. The van der Waals surface area contributed by atoms with Gasteiger partial charge in [0.25, 0.3) is 5.91 Å². The summed E-state index contributed by atoms with van der Waals surface area (Å²) in [6, 6.07) is 9.21. The predicted molar refractivity (Wildman–Crippen MR) is 103 cm³/mol. The molecule has 1 aromatic heterocycles. The molecule has 1 N–H and O–H groups in total. The Morgan fingerprint density at radius 2 is 1.96 bits per heavy atom. The van der Waals surface area contributed by atoms with Gasteiger partial charge < -0.3 is 10.1 Å². The summed E-state index contributed by atoms with van der Waals surface area (Å²) in [6.07, 6.45) is 1.84. The number of imide groups is 1. The van der Waals surface area contributed by atoms with Crippen LogP contribution in [0.5, 0.6) is 0 Å². The van der Waals surface area contributed by atoms with Crippen molar-refractivity contribution in [2.24, 2.45) is 0 Å². The largest absolute Gasteiger partial charge is 0.449 e. The molecule has 3 amide bonds. The van der Waals surface area contributed by atoms with Crippen LogP contribution in [0.25, 0.3) is 11.8 Å². The number of benzene rings is 1. The Hall–Kier alpha value is -3.42. The van der Waals surface area contributed by atoms with Crippen molar-refractivity contribution >= 4 is 24.0 Å². The van der Waals surface area contributed by atoms with Gasteiger partial charge in [0.2, 0.25) is 0 Å². The summed E-state index contributed by atoms with van der Waals surface area (Å²) in [5, 5.41) is 7.05. The fourth-order valence-electron chi connectivity index (χ4n) is 3.03. The Kier molecular flexibility index (Phi) is 5.58. The van der Waals surface area contributed by atoms with E-state index in [-0.39, 0.29) is 6.54 Å². The lowest BCUT2D eigenvalue weighted by molar-refractivity contribution is -0.153. The molecular formula is C20H22N4O4. The number of nitrogens with zero attached hydrogens (tertiary/aromatic N) is 3. The zero-order valence-electron chi connectivity index (χ0n) is 16.0. The normalized spacial score (nSPS) is 15.0. The van der Waals surface area contributed by atoms with Gasteiger partial charge in [-0.25, -0.2) is 14.3 Å². The molecule has 8 nitrogen and oxygen atoms in total. The molecule has 0 saturated carbocycles. The minimum absolute atomic E-state index is 0.270. The van der Waals surface area contributed by atoms with Crippen molar-refractivity contribution in [2.75, 3.05) is 13.1 Å². The van der Waals surface area contributed by atoms with E-state index in [1.165, 1.54) is 13.0 Å². The van der Waals surface area contributed by atoms with E-state index in [0.29, 0.717) is 6.54 Å². The monoisotopic (exact) mass is 382 g/mol. The number of aryl methyl sites for hydroxylation is 1.